The van der Waals surface area contributed by atoms with Crippen LogP contribution in [-0.2, 0) is 11.6 Å². The first kappa shape index (κ1) is 25.4. The van der Waals surface area contributed by atoms with E-state index in [0.29, 0.717) is 24.3 Å². The number of likely N-dealkylation sites (N-methyl/N-ethyl adjacent to an activating group) is 1. The lowest BCUT2D eigenvalue weighted by Gasteiger charge is -2.47. The van der Waals surface area contributed by atoms with Crippen molar-refractivity contribution in [1.82, 2.24) is 4.90 Å². The number of rotatable bonds is 5. The molecule has 2 N–H and O–H groups in total. The smallest absolute Gasteiger partial charge is 0.417 e. The minimum atomic E-state index is -4.64. The molecule has 0 radical (unpaired) electrons. The van der Waals surface area contributed by atoms with Gasteiger partial charge in [-0.3, -0.25) is 4.90 Å². The molecule has 3 atom stereocenters. The predicted octanol–water partition coefficient (Wildman–Crippen LogP) is 5.46. The van der Waals surface area contributed by atoms with Crippen LogP contribution >= 0.6 is 11.6 Å². The number of methoxy groups -OCH3 is 2. The van der Waals surface area contributed by atoms with Gasteiger partial charge in [-0.05, 0) is 75.2 Å². The summed E-state index contributed by atoms with van der Waals surface area (Å²) in [6, 6.07) is 8.36. The largest absolute Gasteiger partial charge is 0.493 e. The lowest BCUT2D eigenvalue weighted by atomic mass is 9.64. The van der Waals surface area contributed by atoms with Crippen molar-refractivity contribution in [3.8, 4) is 11.5 Å². The van der Waals surface area contributed by atoms with Gasteiger partial charge in [0.05, 0.1) is 24.8 Å². The van der Waals surface area contributed by atoms with E-state index in [1.807, 2.05) is 19.2 Å². The monoisotopic (exact) mass is 511 g/mol. The van der Waals surface area contributed by atoms with Gasteiger partial charge >= 0.3 is 12.2 Å². The molecule has 2 aromatic carbocycles. The number of carbonyl (C=O) groups excluding carboxylic acids is 1. The third kappa shape index (κ3) is 4.51. The number of likely N-dealkylation sites (tertiary alicyclic amines) is 1. The summed E-state index contributed by atoms with van der Waals surface area (Å²) < 4.78 is 51.3. The SMILES string of the molecule is COc1ccc(C23CCC(N(C(N)=O)c4ccc(Cl)c(C(F)(F)F)c4)CC2N(C)CC3)cc1OC. The Bertz CT molecular complexity index is 1110. The molecule has 1 heterocycles. The molecule has 3 unspecified atom stereocenters. The van der Waals surface area contributed by atoms with Crippen molar-refractivity contribution in [3.63, 3.8) is 0 Å². The topological polar surface area (TPSA) is 68.0 Å². The van der Waals surface area contributed by atoms with Crippen LogP contribution < -0.4 is 20.1 Å². The van der Waals surface area contributed by atoms with Gasteiger partial charge in [0.2, 0.25) is 0 Å². The molecule has 1 saturated heterocycles. The van der Waals surface area contributed by atoms with Crippen LogP contribution in [0.25, 0.3) is 0 Å². The lowest BCUT2D eigenvalue weighted by Crippen LogP contribution is -2.54. The Hall–Kier alpha value is -2.65. The lowest BCUT2D eigenvalue weighted by molar-refractivity contribution is -0.137. The Kier molecular flexibility index (Phi) is 6.85. The number of nitrogens with zero attached hydrogens (tertiary/aromatic N) is 2. The minimum absolute atomic E-state index is 0.0654. The van der Waals surface area contributed by atoms with Crippen molar-refractivity contribution in [3.05, 3.63) is 52.5 Å². The molecule has 2 aliphatic rings. The van der Waals surface area contributed by atoms with Gasteiger partial charge in [0.25, 0.3) is 0 Å². The number of alkyl halides is 3. The fourth-order valence-corrected chi connectivity index (χ4v) is 6.10. The van der Waals surface area contributed by atoms with E-state index in [0.717, 1.165) is 37.1 Å². The molecule has 2 aromatic rings. The summed E-state index contributed by atoms with van der Waals surface area (Å²) in [4.78, 5) is 16.1. The van der Waals surface area contributed by atoms with E-state index < -0.39 is 22.8 Å². The molecule has 10 heteroatoms. The standard InChI is InChI=1S/C25H29ClF3N3O3/c1-31-11-10-24(15-4-7-20(34-2)21(12-15)35-3)9-8-17(14-22(24)31)32(23(30)33)16-5-6-19(26)18(13-16)25(27,28)29/h4-7,12-13,17,22H,8-11,14H2,1-3H3,(H2,30,33). The number of hydrogen-bond acceptors (Lipinski definition) is 4. The highest BCUT2D eigenvalue weighted by atomic mass is 35.5. The first-order valence-electron chi connectivity index (χ1n) is 11.4. The maximum atomic E-state index is 13.5. The second-order valence-electron chi connectivity index (χ2n) is 9.27. The van der Waals surface area contributed by atoms with Gasteiger partial charge in [-0.15, -0.1) is 0 Å². The Morgan fingerprint density at radius 2 is 1.86 bits per heavy atom. The summed E-state index contributed by atoms with van der Waals surface area (Å²) in [5.74, 6) is 1.29. The average Bonchev–Trinajstić information content (AvgIpc) is 3.16. The van der Waals surface area contributed by atoms with E-state index in [1.54, 1.807) is 14.2 Å². The second-order valence-corrected chi connectivity index (χ2v) is 9.68. The van der Waals surface area contributed by atoms with Crippen molar-refractivity contribution >= 4 is 23.3 Å². The number of amides is 2. The molecule has 35 heavy (non-hydrogen) atoms. The van der Waals surface area contributed by atoms with Gasteiger partial charge in [-0.1, -0.05) is 17.7 Å². The summed E-state index contributed by atoms with van der Waals surface area (Å²) in [5, 5.41) is -0.419. The van der Waals surface area contributed by atoms with Crippen LogP contribution in [0.15, 0.2) is 36.4 Å². The number of hydrogen-bond donors (Lipinski definition) is 1. The van der Waals surface area contributed by atoms with Crippen molar-refractivity contribution in [2.24, 2.45) is 5.73 Å². The molecule has 1 aliphatic heterocycles. The molecule has 0 aromatic heterocycles. The highest BCUT2D eigenvalue weighted by Gasteiger charge is 2.52. The van der Waals surface area contributed by atoms with Gasteiger partial charge in [0.1, 0.15) is 0 Å². The van der Waals surface area contributed by atoms with E-state index in [1.165, 1.54) is 11.0 Å². The van der Waals surface area contributed by atoms with Crippen LogP contribution in [0.3, 0.4) is 0 Å². The van der Waals surface area contributed by atoms with Crippen molar-refractivity contribution in [1.29, 1.82) is 0 Å². The molecule has 4 rings (SSSR count). The zero-order valence-electron chi connectivity index (χ0n) is 19.9. The third-order valence-electron chi connectivity index (χ3n) is 7.59. The maximum Gasteiger partial charge on any atom is 0.417 e. The fourth-order valence-electron chi connectivity index (χ4n) is 5.88. The zero-order valence-corrected chi connectivity index (χ0v) is 20.6. The van der Waals surface area contributed by atoms with Crippen molar-refractivity contribution in [2.45, 2.75) is 49.4 Å². The molecule has 2 amide bonds. The molecule has 0 spiro atoms. The first-order chi connectivity index (χ1) is 16.5. The van der Waals surface area contributed by atoms with Crippen molar-refractivity contribution < 1.29 is 27.4 Å². The van der Waals surface area contributed by atoms with E-state index >= 15 is 0 Å². The molecule has 2 fully saturated rings. The van der Waals surface area contributed by atoms with E-state index in [9.17, 15) is 18.0 Å². The quantitative estimate of drug-likeness (QED) is 0.579. The highest BCUT2D eigenvalue weighted by molar-refractivity contribution is 6.31. The molecule has 190 valence electrons. The molecular weight excluding hydrogens is 483 g/mol. The summed E-state index contributed by atoms with van der Waals surface area (Å²) in [6.07, 6.45) is -1.82. The van der Waals surface area contributed by atoms with Crippen molar-refractivity contribution in [2.75, 3.05) is 32.7 Å². The zero-order chi connectivity index (χ0) is 25.5. The molecule has 1 saturated carbocycles. The summed E-state index contributed by atoms with van der Waals surface area (Å²) >= 11 is 5.79. The van der Waals surface area contributed by atoms with Crippen LogP contribution in [0, 0.1) is 0 Å². The van der Waals surface area contributed by atoms with E-state index in [-0.39, 0.29) is 23.2 Å². The summed E-state index contributed by atoms with van der Waals surface area (Å²) in [6.45, 7) is 0.863. The van der Waals surface area contributed by atoms with Gasteiger partial charge in [-0.2, -0.15) is 13.2 Å². The number of halogens is 4. The van der Waals surface area contributed by atoms with Crippen LogP contribution in [0.2, 0.25) is 5.02 Å². The number of ether oxygens (including phenoxy) is 2. The Balaban J connectivity index is 1.68. The number of benzene rings is 2. The number of primary amides is 1. The van der Waals surface area contributed by atoms with Crippen LogP contribution in [0.4, 0.5) is 23.7 Å². The normalized spacial score (nSPS) is 24.7. The highest BCUT2D eigenvalue weighted by Crippen LogP contribution is 2.51. The summed E-state index contributed by atoms with van der Waals surface area (Å²) in [7, 11) is 5.22. The van der Waals surface area contributed by atoms with Gasteiger partial charge in [0.15, 0.2) is 11.5 Å². The molecule has 6 nitrogen and oxygen atoms in total. The Labute approximate surface area is 207 Å². The van der Waals surface area contributed by atoms with Crippen LogP contribution in [0.1, 0.15) is 36.8 Å². The Morgan fingerprint density at radius 3 is 2.49 bits per heavy atom. The van der Waals surface area contributed by atoms with Gasteiger partial charge in [0, 0.05) is 23.2 Å². The van der Waals surface area contributed by atoms with Crippen LogP contribution in [-0.4, -0.2) is 50.8 Å². The second kappa shape index (κ2) is 9.43. The molecular formula is C25H29ClF3N3O3. The number of carbonyl (C=O) groups is 1. The number of anilines is 1. The number of urea groups is 1. The maximum absolute atomic E-state index is 13.5. The summed E-state index contributed by atoms with van der Waals surface area (Å²) in [5.41, 5.74) is 5.77. The molecule has 1 aliphatic carbocycles. The van der Waals surface area contributed by atoms with Gasteiger partial charge < -0.3 is 20.1 Å². The average molecular weight is 512 g/mol. The number of fused-ring (bicyclic) bond motifs is 1. The minimum Gasteiger partial charge on any atom is -0.493 e. The fraction of sp³-hybridized carbons (Fsp3) is 0.480. The number of nitrogens with two attached hydrogens (primary N) is 1. The Morgan fingerprint density at radius 1 is 1.14 bits per heavy atom. The third-order valence-corrected chi connectivity index (χ3v) is 7.92. The van der Waals surface area contributed by atoms with Gasteiger partial charge in [-0.25, -0.2) is 4.79 Å². The van der Waals surface area contributed by atoms with E-state index in [4.69, 9.17) is 26.8 Å². The predicted molar refractivity (Wildman–Crippen MR) is 128 cm³/mol. The van der Waals surface area contributed by atoms with Crippen LogP contribution in [0.5, 0.6) is 11.5 Å². The molecule has 0 bridgehead atoms. The van der Waals surface area contributed by atoms with E-state index in [2.05, 4.69) is 11.0 Å². The first-order valence-corrected chi connectivity index (χ1v) is 11.8.